The van der Waals surface area contributed by atoms with Gasteiger partial charge in [-0.15, -0.1) is 0 Å². The number of hydrogen-bond donors (Lipinski definition) is 1. The molecule has 1 aromatic carbocycles. The van der Waals surface area contributed by atoms with E-state index in [1.54, 1.807) is 13.8 Å². The smallest absolute Gasteiger partial charge is 0.253 e. The van der Waals surface area contributed by atoms with Crippen molar-refractivity contribution in [2.75, 3.05) is 38.0 Å². The molecule has 1 saturated heterocycles. The minimum atomic E-state index is -0.232. The number of hydrogen-bond acceptors (Lipinski definition) is 5. The minimum absolute atomic E-state index is 0.0228. The molecule has 1 aliphatic heterocycles. The highest BCUT2D eigenvalue weighted by Crippen LogP contribution is 2.25. The maximum Gasteiger partial charge on any atom is 0.253 e. The normalized spacial score (nSPS) is 14.6. The van der Waals surface area contributed by atoms with Crippen molar-refractivity contribution in [3.05, 3.63) is 52.3 Å². The van der Waals surface area contributed by atoms with Crippen LogP contribution in [0.25, 0.3) is 0 Å². The van der Waals surface area contributed by atoms with E-state index < -0.39 is 0 Å². The fourth-order valence-corrected chi connectivity index (χ4v) is 3.52. The lowest BCUT2D eigenvalue weighted by atomic mass is 10.0. The summed E-state index contributed by atoms with van der Waals surface area (Å²) in [4.78, 5) is 29.0. The summed E-state index contributed by atoms with van der Waals surface area (Å²) in [5.41, 5.74) is 3.00. The van der Waals surface area contributed by atoms with E-state index in [-0.39, 0.29) is 24.2 Å². The molecule has 0 saturated carbocycles. The zero-order valence-corrected chi connectivity index (χ0v) is 18.0. The number of anilines is 1. The molecule has 0 atom stereocenters. The van der Waals surface area contributed by atoms with Gasteiger partial charge >= 0.3 is 0 Å². The van der Waals surface area contributed by atoms with E-state index in [1.807, 2.05) is 34.1 Å². The fourth-order valence-electron chi connectivity index (χ4n) is 3.52. The Hall–Kier alpha value is -3.11. The van der Waals surface area contributed by atoms with Gasteiger partial charge in [0.1, 0.15) is 17.4 Å². The van der Waals surface area contributed by atoms with E-state index in [4.69, 9.17) is 4.42 Å². The molecule has 0 bridgehead atoms. The van der Waals surface area contributed by atoms with Crippen molar-refractivity contribution in [1.82, 2.24) is 9.80 Å². The summed E-state index contributed by atoms with van der Waals surface area (Å²) >= 11 is 0. The molecule has 0 unspecified atom stereocenters. The number of nitrogens with one attached hydrogen (secondary N) is 1. The second-order valence-corrected chi connectivity index (χ2v) is 7.99. The average molecular weight is 409 g/mol. The third-order valence-electron chi connectivity index (χ3n) is 5.60. The van der Waals surface area contributed by atoms with Gasteiger partial charge in [0.05, 0.1) is 6.54 Å². The topological polar surface area (TPSA) is 89.6 Å². The van der Waals surface area contributed by atoms with E-state index in [2.05, 4.69) is 25.2 Å². The van der Waals surface area contributed by atoms with E-state index in [0.717, 1.165) is 5.56 Å². The van der Waals surface area contributed by atoms with Crippen molar-refractivity contribution in [3.8, 4) is 6.07 Å². The van der Waals surface area contributed by atoms with Gasteiger partial charge in [0.15, 0.2) is 0 Å². The second kappa shape index (κ2) is 9.14. The fraction of sp³-hybridized carbons (Fsp3) is 0.435. The van der Waals surface area contributed by atoms with E-state index in [0.29, 0.717) is 49.0 Å². The molecule has 1 aromatic heterocycles. The molecule has 0 radical (unpaired) electrons. The lowest BCUT2D eigenvalue weighted by molar-refractivity contribution is -0.117. The highest BCUT2D eigenvalue weighted by Gasteiger charge is 2.24. The molecule has 0 aliphatic carbocycles. The van der Waals surface area contributed by atoms with Crippen LogP contribution in [0.15, 0.2) is 28.7 Å². The molecule has 158 valence electrons. The lowest BCUT2D eigenvalue weighted by Crippen LogP contribution is -2.50. The van der Waals surface area contributed by atoms with E-state index in [1.165, 1.54) is 5.56 Å². The molecule has 7 nitrogen and oxygen atoms in total. The minimum Gasteiger partial charge on any atom is -0.444 e. The quantitative estimate of drug-likeness (QED) is 0.820. The summed E-state index contributed by atoms with van der Waals surface area (Å²) in [5.74, 6) is 1.05. The summed E-state index contributed by atoms with van der Waals surface area (Å²) in [6.07, 6.45) is 0. The molecule has 2 amide bonds. The average Bonchev–Trinajstić information content (AvgIpc) is 3.00. The predicted molar refractivity (Wildman–Crippen MR) is 114 cm³/mol. The third kappa shape index (κ3) is 4.71. The molecular formula is C23H28N4O3. The van der Waals surface area contributed by atoms with Crippen LogP contribution < -0.4 is 5.32 Å². The van der Waals surface area contributed by atoms with Gasteiger partial charge < -0.3 is 9.32 Å². The number of aryl methyl sites for hydroxylation is 1. The van der Waals surface area contributed by atoms with Gasteiger partial charge in [0.2, 0.25) is 11.8 Å². The number of benzene rings is 1. The Morgan fingerprint density at radius 1 is 1.13 bits per heavy atom. The molecule has 30 heavy (non-hydrogen) atoms. The number of carbonyl (C=O) groups is 2. The van der Waals surface area contributed by atoms with Gasteiger partial charge in [-0.25, -0.2) is 0 Å². The van der Waals surface area contributed by atoms with Crippen molar-refractivity contribution in [3.63, 3.8) is 0 Å². The zero-order valence-electron chi connectivity index (χ0n) is 18.0. The van der Waals surface area contributed by atoms with Gasteiger partial charge in [-0.2, -0.15) is 5.26 Å². The summed E-state index contributed by atoms with van der Waals surface area (Å²) in [7, 11) is 0. The monoisotopic (exact) mass is 408 g/mol. The van der Waals surface area contributed by atoms with Crippen molar-refractivity contribution < 1.29 is 14.0 Å². The lowest BCUT2D eigenvalue weighted by Gasteiger charge is -2.34. The van der Waals surface area contributed by atoms with Gasteiger partial charge in [-0.3, -0.25) is 19.8 Å². The Balaban J connectivity index is 1.52. The molecule has 2 heterocycles. The summed E-state index contributed by atoms with van der Waals surface area (Å²) < 4.78 is 5.49. The summed E-state index contributed by atoms with van der Waals surface area (Å²) in [5, 5.41) is 11.9. The third-order valence-corrected chi connectivity index (χ3v) is 5.60. The number of nitriles is 1. The molecule has 7 heteroatoms. The molecule has 0 spiro atoms. The van der Waals surface area contributed by atoms with Crippen LogP contribution in [0.3, 0.4) is 0 Å². The summed E-state index contributed by atoms with van der Waals surface area (Å²) in [6.45, 7) is 10.4. The van der Waals surface area contributed by atoms with Crippen molar-refractivity contribution >= 4 is 17.7 Å². The SMILES string of the molecule is Cc1oc(NC(=O)CN2CCN(C(=O)c3ccc(C(C)C)cc3)CC2)c(C#N)c1C. The van der Waals surface area contributed by atoms with Gasteiger partial charge in [-0.05, 0) is 37.5 Å². The number of rotatable bonds is 5. The van der Waals surface area contributed by atoms with Crippen LogP contribution in [0, 0.1) is 25.2 Å². The summed E-state index contributed by atoms with van der Waals surface area (Å²) in [6, 6.07) is 9.86. The standard InChI is InChI=1S/C23H28N4O3/c1-15(2)18-5-7-19(8-6-18)23(29)27-11-9-26(10-12-27)14-21(28)25-22-20(13-24)16(3)17(4)30-22/h5-8,15H,9-12,14H2,1-4H3,(H,25,28). The first-order valence-corrected chi connectivity index (χ1v) is 10.2. The second-order valence-electron chi connectivity index (χ2n) is 7.99. The molecule has 2 aromatic rings. The Labute approximate surface area is 177 Å². The van der Waals surface area contributed by atoms with Crippen LogP contribution in [0.5, 0.6) is 0 Å². The largest absolute Gasteiger partial charge is 0.444 e. The first-order chi connectivity index (χ1) is 14.3. The Kier molecular flexibility index (Phi) is 6.58. The highest BCUT2D eigenvalue weighted by atomic mass is 16.4. The van der Waals surface area contributed by atoms with Crippen molar-refractivity contribution in [2.24, 2.45) is 0 Å². The van der Waals surface area contributed by atoms with Gasteiger partial charge in [-0.1, -0.05) is 26.0 Å². The number of furan rings is 1. The molecule has 3 rings (SSSR count). The Morgan fingerprint density at radius 2 is 1.77 bits per heavy atom. The molecular weight excluding hydrogens is 380 g/mol. The maximum atomic E-state index is 12.7. The number of carbonyl (C=O) groups excluding carboxylic acids is 2. The van der Waals surface area contributed by atoms with Crippen LogP contribution >= 0.6 is 0 Å². The number of amides is 2. The van der Waals surface area contributed by atoms with E-state index >= 15 is 0 Å². The van der Waals surface area contributed by atoms with Crippen molar-refractivity contribution in [2.45, 2.75) is 33.6 Å². The van der Waals surface area contributed by atoms with E-state index in [9.17, 15) is 14.9 Å². The van der Waals surface area contributed by atoms with Crippen LogP contribution in [0.1, 0.15) is 52.6 Å². The molecule has 1 fully saturated rings. The van der Waals surface area contributed by atoms with Crippen LogP contribution in [0.2, 0.25) is 0 Å². The van der Waals surface area contributed by atoms with Crippen LogP contribution in [0.4, 0.5) is 5.88 Å². The maximum absolute atomic E-state index is 12.7. The predicted octanol–water partition coefficient (Wildman–Crippen LogP) is 3.29. The molecule has 1 aliphatic rings. The first kappa shape index (κ1) is 21.6. The zero-order chi connectivity index (χ0) is 21.8. The number of piperazine rings is 1. The van der Waals surface area contributed by atoms with Crippen molar-refractivity contribution in [1.29, 1.82) is 5.26 Å². The Bertz CT molecular complexity index is 962. The van der Waals surface area contributed by atoms with Gasteiger partial charge in [0.25, 0.3) is 5.91 Å². The van der Waals surface area contributed by atoms with Crippen LogP contribution in [-0.4, -0.2) is 54.3 Å². The molecule has 1 N–H and O–H groups in total. The Morgan fingerprint density at radius 3 is 2.33 bits per heavy atom. The first-order valence-electron chi connectivity index (χ1n) is 10.2. The number of nitrogens with zero attached hydrogens (tertiary/aromatic N) is 3. The highest BCUT2D eigenvalue weighted by molar-refractivity contribution is 5.94. The van der Waals surface area contributed by atoms with Crippen LogP contribution in [-0.2, 0) is 4.79 Å². The van der Waals surface area contributed by atoms with Gasteiger partial charge in [0, 0.05) is 37.3 Å².